The molecule has 100 valence electrons. The van der Waals surface area contributed by atoms with E-state index in [4.69, 9.17) is 16.1 Å². The first kappa shape index (κ1) is 13.4. The smallest absolute Gasteiger partial charge is 0.273 e. The molecule has 0 bridgehead atoms. The first-order valence-electron chi connectivity index (χ1n) is 6.36. The van der Waals surface area contributed by atoms with E-state index in [2.05, 4.69) is 17.4 Å². The maximum Gasteiger partial charge on any atom is 0.273 e. The highest BCUT2D eigenvalue weighted by molar-refractivity contribution is 6.19. The molecule has 1 N–H and O–H groups in total. The average Bonchev–Trinajstić information content (AvgIpc) is 2.76. The van der Waals surface area contributed by atoms with Gasteiger partial charge in [-0.15, -0.1) is 11.6 Å². The topological polar surface area (TPSA) is 55.1 Å². The summed E-state index contributed by atoms with van der Waals surface area (Å²) in [5.74, 6) is 1.48. The number of carbonyl (C=O) groups is 1. The van der Waals surface area contributed by atoms with Crippen LogP contribution in [-0.2, 0) is 0 Å². The molecule has 0 aliphatic heterocycles. The van der Waals surface area contributed by atoms with Crippen molar-refractivity contribution >= 4 is 17.5 Å². The van der Waals surface area contributed by atoms with Gasteiger partial charge in [-0.25, -0.2) is 0 Å². The number of hydrogen-bond donors (Lipinski definition) is 1. The molecule has 0 spiro atoms. The van der Waals surface area contributed by atoms with E-state index in [1.54, 1.807) is 13.0 Å². The van der Waals surface area contributed by atoms with E-state index < -0.39 is 0 Å². The zero-order valence-electron chi connectivity index (χ0n) is 10.8. The van der Waals surface area contributed by atoms with Crippen LogP contribution in [-0.4, -0.2) is 22.5 Å². The third-order valence-corrected chi connectivity index (χ3v) is 4.10. The molecular formula is C13H19ClN2O2. The van der Waals surface area contributed by atoms with Crippen LogP contribution in [0.4, 0.5) is 0 Å². The summed E-state index contributed by atoms with van der Waals surface area (Å²) in [6.45, 7) is 3.97. The van der Waals surface area contributed by atoms with Gasteiger partial charge in [0.05, 0.1) is 5.54 Å². The molecule has 1 amide bonds. The Morgan fingerprint density at radius 1 is 1.72 bits per heavy atom. The number of hydrogen-bond acceptors (Lipinski definition) is 3. The van der Waals surface area contributed by atoms with Crippen molar-refractivity contribution in [1.82, 2.24) is 10.5 Å². The number of aryl methyl sites for hydroxylation is 1. The molecule has 1 aliphatic carbocycles. The molecule has 2 unspecified atom stereocenters. The molecule has 5 heteroatoms. The predicted octanol–water partition coefficient (Wildman–Crippen LogP) is 2.90. The summed E-state index contributed by atoms with van der Waals surface area (Å²) in [6, 6.07) is 1.64. The van der Waals surface area contributed by atoms with Gasteiger partial charge in [0.1, 0.15) is 5.76 Å². The van der Waals surface area contributed by atoms with Crippen LogP contribution in [0.1, 0.15) is 48.9 Å². The summed E-state index contributed by atoms with van der Waals surface area (Å²) in [5.41, 5.74) is 0.0404. The van der Waals surface area contributed by atoms with Gasteiger partial charge in [-0.3, -0.25) is 4.79 Å². The molecule has 1 aromatic rings. The largest absolute Gasteiger partial charge is 0.361 e. The van der Waals surface area contributed by atoms with Gasteiger partial charge in [0.15, 0.2) is 5.69 Å². The summed E-state index contributed by atoms with van der Waals surface area (Å²) in [5, 5.41) is 6.78. The molecule has 1 aliphatic rings. The van der Waals surface area contributed by atoms with Crippen LogP contribution < -0.4 is 5.32 Å². The molecule has 1 aromatic heterocycles. The Morgan fingerprint density at radius 2 is 2.50 bits per heavy atom. The van der Waals surface area contributed by atoms with Gasteiger partial charge in [0.25, 0.3) is 5.91 Å². The monoisotopic (exact) mass is 270 g/mol. The molecular weight excluding hydrogens is 252 g/mol. The minimum Gasteiger partial charge on any atom is -0.361 e. The van der Waals surface area contributed by atoms with E-state index in [0.717, 1.165) is 19.3 Å². The molecule has 18 heavy (non-hydrogen) atoms. The number of rotatable bonds is 3. The van der Waals surface area contributed by atoms with E-state index in [1.807, 2.05) is 0 Å². The van der Waals surface area contributed by atoms with Crippen LogP contribution in [0.3, 0.4) is 0 Å². The standard InChI is InChI=1S/C13H19ClN2O2/c1-9-4-3-5-13(7-9,8-14)15-12(17)11-6-10(2)18-16-11/h6,9H,3-5,7-8H2,1-2H3,(H,15,17). The summed E-state index contributed by atoms with van der Waals surface area (Å²) in [4.78, 5) is 12.1. The van der Waals surface area contributed by atoms with Crippen LogP contribution in [0, 0.1) is 12.8 Å². The zero-order chi connectivity index (χ0) is 13.2. The van der Waals surface area contributed by atoms with Crippen LogP contribution in [0.5, 0.6) is 0 Å². The van der Waals surface area contributed by atoms with Crippen molar-refractivity contribution in [3.8, 4) is 0 Å². The molecule has 2 atom stereocenters. The number of alkyl halides is 1. The second kappa shape index (κ2) is 5.31. The Morgan fingerprint density at radius 3 is 3.06 bits per heavy atom. The Kier molecular flexibility index (Phi) is 3.95. The van der Waals surface area contributed by atoms with Gasteiger partial charge >= 0.3 is 0 Å². The van der Waals surface area contributed by atoms with Crippen molar-refractivity contribution in [1.29, 1.82) is 0 Å². The van der Waals surface area contributed by atoms with Gasteiger partial charge in [-0.2, -0.15) is 0 Å². The fraction of sp³-hybridized carbons (Fsp3) is 0.692. The summed E-state index contributed by atoms with van der Waals surface area (Å²) in [7, 11) is 0. The molecule has 0 aromatic carbocycles. The van der Waals surface area contributed by atoms with Crippen LogP contribution in [0.15, 0.2) is 10.6 Å². The van der Waals surface area contributed by atoms with Gasteiger partial charge in [-0.1, -0.05) is 24.9 Å². The molecule has 1 fully saturated rings. The predicted molar refractivity (Wildman–Crippen MR) is 69.8 cm³/mol. The summed E-state index contributed by atoms with van der Waals surface area (Å²) < 4.78 is 4.92. The van der Waals surface area contributed by atoms with E-state index >= 15 is 0 Å². The highest BCUT2D eigenvalue weighted by Crippen LogP contribution is 2.33. The van der Waals surface area contributed by atoms with Crippen molar-refractivity contribution in [3.05, 3.63) is 17.5 Å². The number of nitrogens with zero attached hydrogens (tertiary/aromatic N) is 1. The SMILES string of the molecule is Cc1cc(C(=O)NC2(CCl)CCCC(C)C2)no1. The maximum atomic E-state index is 12.1. The van der Waals surface area contributed by atoms with E-state index in [9.17, 15) is 4.79 Å². The Balaban J connectivity index is 2.08. The van der Waals surface area contributed by atoms with Gasteiger partial charge in [0, 0.05) is 11.9 Å². The molecule has 4 nitrogen and oxygen atoms in total. The second-order valence-electron chi connectivity index (χ2n) is 5.39. The number of carbonyl (C=O) groups excluding carboxylic acids is 1. The lowest BCUT2D eigenvalue weighted by Crippen LogP contribution is -2.52. The fourth-order valence-corrected chi connectivity index (χ4v) is 3.02. The molecule has 0 radical (unpaired) electrons. The van der Waals surface area contributed by atoms with Crippen LogP contribution in [0.25, 0.3) is 0 Å². The lowest BCUT2D eigenvalue weighted by atomic mass is 9.77. The molecule has 2 rings (SSSR count). The zero-order valence-corrected chi connectivity index (χ0v) is 11.6. The average molecular weight is 271 g/mol. The molecule has 1 heterocycles. The second-order valence-corrected chi connectivity index (χ2v) is 5.66. The Bertz CT molecular complexity index is 432. The van der Waals surface area contributed by atoms with Gasteiger partial charge in [0.2, 0.25) is 0 Å². The van der Waals surface area contributed by atoms with Gasteiger partial charge in [-0.05, 0) is 25.7 Å². The summed E-state index contributed by atoms with van der Waals surface area (Å²) in [6.07, 6.45) is 4.17. The fourth-order valence-electron chi connectivity index (χ4n) is 2.71. The van der Waals surface area contributed by atoms with Crippen LogP contribution >= 0.6 is 11.6 Å². The van der Waals surface area contributed by atoms with Crippen LogP contribution in [0.2, 0.25) is 0 Å². The first-order chi connectivity index (χ1) is 8.54. The minimum atomic E-state index is -0.289. The van der Waals surface area contributed by atoms with Gasteiger partial charge < -0.3 is 9.84 Å². The lowest BCUT2D eigenvalue weighted by Gasteiger charge is -2.39. The number of halogens is 1. The number of nitrogens with one attached hydrogen (secondary N) is 1. The van der Waals surface area contributed by atoms with E-state index in [-0.39, 0.29) is 11.4 Å². The third kappa shape index (κ3) is 2.86. The normalized spacial score (nSPS) is 28.1. The van der Waals surface area contributed by atoms with Crippen molar-refractivity contribution < 1.29 is 9.32 Å². The first-order valence-corrected chi connectivity index (χ1v) is 6.90. The quantitative estimate of drug-likeness (QED) is 0.859. The Hall–Kier alpha value is -1.03. The van der Waals surface area contributed by atoms with Crippen molar-refractivity contribution in [3.63, 3.8) is 0 Å². The van der Waals surface area contributed by atoms with Crippen molar-refractivity contribution in [2.45, 2.75) is 45.1 Å². The number of aromatic nitrogens is 1. The van der Waals surface area contributed by atoms with Crippen molar-refractivity contribution in [2.75, 3.05) is 5.88 Å². The Labute approximate surface area is 112 Å². The summed E-state index contributed by atoms with van der Waals surface area (Å²) >= 11 is 6.08. The van der Waals surface area contributed by atoms with E-state index in [1.165, 1.54) is 6.42 Å². The lowest BCUT2D eigenvalue weighted by molar-refractivity contribution is 0.0858. The highest BCUT2D eigenvalue weighted by Gasteiger charge is 2.36. The van der Waals surface area contributed by atoms with E-state index in [0.29, 0.717) is 23.3 Å². The van der Waals surface area contributed by atoms with Crippen molar-refractivity contribution in [2.24, 2.45) is 5.92 Å². The number of amides is 1. The molecule has 0 saturated heterocycles. The minimum absolute atomic E-state index is 0.193. The highest BCUT2D eigenvalue weighted by atomic mass is 35.5. The molecule has 1 saturated carbocycles. The maximum absolute atomic E-state index is 12.1. The third-order valence-electron chi connectivity index (χ3n) is 3.59.